The Balaban J connectivity index is 2.44. The van der Waals surface area contributed by atoms with Gasteiger partial charge in [-0.3, -0.25) is 24.3 Å². The van der Waals surface area contributed by atoms with E-state index in [2.05, 4.69) is 10.3 Å². The van der Waals surface area contributed by atoms with Crippen molar-refractivity contribution in [3.8, 4) is 0 Å². The van der Waals surface area contributed by atoms with Gasteiger partial charge in [0.15, 0.2) is 0 Å². The number of nitrogens with two attached hydrogens (primary N) is 1. The second kappa shape index (κ2) is 5.56. The predicted molar refractivity (Wildman–Crippen MR) is 115 cm³/mol. The summed E-state index contributed by atoms with van der Waals surface area (Å²) in [6.07, 6.45) is 0. The number of hydrogen-bond donors (Lipinski definition) is 2. The molecule has 1 saturated heterocycles. The second-order valence-corrected chi connectivity index (χ2v) is 7.82. The molecule has 1 aromatic heterocycles. The summed E-state index contributed by atoms with van der Waals surface area (Å²) < 4.78 is 1.39. The number of aromatic nitrogens is 2. The van der Waals surface area contributed by atoms with Crippen LogP contribution in [0.2, 0.25) is 11.0 Å². The molecule has 1 fully saturated rings. The van der Waals surface area contributed by atoms with Crippen LogP contribution < -0.4 is 22.1 Å². The van der Waals surface area contributed by atoms with Gasteiger partial charge in [0.25, 0.3) is 5.56 Å². The van der Waals surface area contributed by atoms with E-state index in [9.17, 15) is 14.4 Å². The molecule has 0 saturated carbocycles. The minimum atomic E-state index is -1.29. The van der Waals surface area contributed by atoms with Crippen molar-refractivity contribution in [1.29, 1.82) is 0 Å². The van der Waals surface area contributed by atoms with Gasteiger partial charge in [-0.1, -0.05) is 16.7 Å². The van der Waals surface area contributed by atoms with Crippen LogP contribution in [0.4, 0.5) is 5.69 Å². The van der Waals surface area contributed by atoms with Crippen LogP contribution in [0.3, 0.4) is 0 Å². The number of amides is 2. The molecule has 0 aliphatic carbocycles. The zero-order chi connectivity index (χ0) is 19.6. The van der Waals surface area contributed by atoms with Gasteiger partial charge in [0.05, 0.1) is 16.3 Å². The number of benzene rings is 1. The number of piperidine rings is 1. The van der Waals surface area contributed by atoms with Crippen molar-refractivity contribution >= 4 is 73.1 Å². The molecule has 2 heterocycles. The Labute approximate surface area is 155 Å². The summed E-state index contributed by atoms with van der Waals surface area (Å²) in [4.78, 5) is 43.0. The van der Waals surface area contributed by atoms with Crippen LogP contribution >= 0.6 is 0 Å². The Kier molecular flexibility index (Phi) is 3.94. The highest BCUT2D eigenvalue weighted by atomic mass is 16.2. The molecule has 12 heteroatoms. The van der Waals surface area contributed by atoms with Crippen LogP contribution in [0.15, 0.2) is 16.9 Å². The summed E-state index contributed by atoms with van der Waals surface area (Å²) in [5.41, 5.74) is 6.11. The molecule has 0 spiro atoms. The van der Waals surface area contributed by atoms with E-state index < -0.39 is 22.4 Å². The Morgan fingerprint density at radius 3 is 2.46 bits per heavy atom. The Morgan fingerprint density at radius 2 is 1.85 bits per heavy atom. The molecule has 1 aliphatic rings. The summed E-state index contributed by atoms with van der Waals surface area (Å²) in [6.45, 7) is 1.69. The molecule has 26 heavy (non-hydrogen) atoms. The van der Waals surface area contributed by atoms with E-state index in [1.54, 1.807) is 28.7 Å². The number of fused-ring (bicyclic) bond motifs is 1. The van der Waals surface area contributed by atoms with E-state index in [0.29, 0.717) is 22.4 Å². The lowest BCUT2D eigenvalue weighted by molar-refractivity contribution is -0.138. The van der Waals surface area contributed by atoms with Gasteiger partial charge in [-0.05, 0) is 13.0 Å². The molecule has 3 N–H and O–H groups in total. The van der Waals surface area contributed by atoms with Crippen LogP contribution in [0, 0.1) is 6.92 Å². The third kappa shape index (κ3) is 2.14. The smallest absolute Gasteiger partial charge is 0.263 e. The number of nitrogens with one attached hydrogen (secondary N) is 1. The fraction of sp³-hybridized carbons (Fsp3) is 0.286. The molecule has 2 atom stereocenters. The van der Waals surface area contributed by atoms with Crippen molar-refractivity contribution in [1.82, 2.24) is 14.9 Å². The number of nitrogen functional groups attached to an aromatic ring is 1. The van der Waals surface area contributed by atoms with Crippen LogP contribution in [-0.2, 0) is 15.0 Å². The third-order valence-electron chi connectivity index (χ3n) is 6.32. The van der Waals surface area contributed by atoms with E-state index >= 15 is 0 Å². The maximum atomic E-state index is 13.4. The first-order valence-corrected chi connectivity index (χ1v) is 8.58. The Hall–Kier alpha value is -2.38. The van der Waals surface area contributed by atoms with Crippen LogP contribution in [0.5, 0.6) is 0 Å². The maximum Gasteiger partial charge on any atom is 0.263 e. The molecule has 2 amide bonds. The highest BCUT2D eigenvalue weighted by Gasteiger charge is 2.57. The lowest BCUT2D eigenvalue weighted by Crippen LogP contribution is -2.68. The zero-order valence-corrected chi connectivity index (χ0v) is 15.9. The first kappa shape index (κ1) is 18.4. The molecule has 2 unspecified atom stereocenters. The summed E-state index contributed by atoms with van der Waals surface area (Å²) in [7, 11) is 8.90. The van der Waals surface area contributed by atoms with Crippen molar-refractivity contribution < 1.29 is 9.59 Å². The monoisotopic (exact) mass is 346 g/mol. The summed E-state index contributed by atoms with van der Waals surface area (Å²) in [5, 5.41) is 1.89. The molecular weight excluding hydrogens is 326 g/mol. The predicted octanol–water partition coefficient (Wildman–Crippen LogP) is -5.71. The Morgan fingerprint density at radius 1 is 1.23 bits per heavy atom. The van der Waals surface area contributed by atoms with Crippen LogP contribution in [0.25, 0.3) is 10.9 Å². The quantitative estimate of drug-likeness (QED) is 0.304. The topological polar surface area (TPSA) is 107 Å². The van der Waals surface area contributed by atoms with E-state index in [0.717, 1.165) is 5.46 Å². The minimum Gasteiger partial charge on any atom is -0.398 e. The van der Waals surface area contributed by atoms with E-state index in [1.807, 2.05) is 29.6 Å². The average molecular weight is 345 g/mol. The number of carbonyl (C=O) groups excluding carboxylic acids is 2. The van der Waals surface area contributed by atoms with Crippen molar-refractivity contribution in [2.75, 3.05) is 5.73 Å². The molecular formula is C14H19B5N4O3. The number of carbonyl (C=O) groups is 2. The lowest BCUT2D eigenvalue weighted by atomic mass is 9.31. The largest absolute Gasteiger partial charge is 0.398 e. The van der Waals surface area contributed by atoms with Crippen molar-refractivity contribution in [2.45, 2.75) is 23.4 Å². The lowest BCUT2D eigenvalue weighted by Gasteiger charge is -2.51. The van der Waals surface area contributed by atoms with Crippen molar-refractivity contribution in [3.05, 3.63) is 28.3 Å². The fourth-order valence-electron chi connectivity index (χ4n) is 3.81. The highest BCUT2D eigenvalue weighted by Crippen LogP contribution is 2.48. The fourth-order valence-corrected chi connectivity index (χ4v) is 3.81. The summed E-state index contributed by atoms with van der Waals surface area (Å²) in [6, 6.07) is 3.56. The van der Waals surface area contributed by atoms with E-state index in [4.69, 9.17) is 5.73 Å². The molecule has 7 nitrogen and oxygen atoms in total. The van der Waals surface area contributed by atoms with Crippen molar-refractivity contribution in [3.63, 3.8) is 0 Å². The molecule has 128 valence electrons. The summed E-state index contributed by atoms with van der Waals surface area (Å²) in [5.74, 6) is -0.921. The number of nitrogens with zero attached hydrogens (tertiary/aromatic N) is 2. The van der Waals surface area contributed by atoms with Gasteiger partial charge < -0.3 is 5.73 Å². The number of aryl methyl sites for hydroxylation is 1. The number of hydrogen-bond acceptors (Lipinski definition) is 5. The number of rotatable bonds is 1. The maximum absolute atomic E-state index is 13.4. The Bertz CT molecular complexity index is 1040. The van der Waals surface area contributed by atoms with Gasteiger partial charge >= 0.3 is 0 Å². The standard InChI is InChI=1S/C14H19B5N4O3/c1-4-21-6-3-2-5(15)8(20)7(6)11(25)23(4)14(19)12(26)22-10(24)9(16)13(14,17)18/h2-3,9H,15-20H2,1H3,(H,22,24,26). The molecule has 2 aromatic rings. The number of imide groups is 1. The molecule has 0 bridgehead atoms. The van der Waals surface area contributed by atoms with Gasteiger partial charge in [0, 0.05) is 11.5 Å². The van der Waals surface area contributed by atoms with Gasteiger partial charge in [0.2, 0.25) is 11.8 Å². The molecule has 1 aromatic carbocycles. The van der Waals surface area contributed by atoms with E-state index in [-0.39, 0.29) is 11.5 Å². The van der Waals surface area contributed by atoms with Crippen molar-refractivity contribution in [2.24, 2.45) is 0 Å². The average Bonchev–Trinajstić information content (AvgIpc) is 2.55. The molecule has 3 rings (SSSR count). The van der Waals surface area contributed by atoms with E-state index in [1.165, 1.54) is 4.57 Å². The first-order valence-electron chi connectivity index (χ1n) is 8.58. The normalized spacial score (nSPS) is 25.2. The highest BCUT2D eigenvalue weighted by molar-refractivity contribution is 6.55. The van der Waals surface area contributed by atoms with Gasteiger partial charge in [-0.25, -0.2) is 4.98 Å². The van der Waals surface area contributed by atoms with Crippen LogP contribution in [-0.4, -0.2) is 60.6 Å². The van der Waals surface area contributed by atoms with Gasteiger partial charge in [-0.2, -0.15) is 0 Å². The second-order valence-electron chi connectivity index (χ2n) is 7.82. The zero-order valence-electron chi connectivity index (χ0n) is 15.9. The van der Waals surface area contributed by atoms with Crippen LogP contribution in [0.1, 0.15) is 5.82 Å². The minimum absolute atomic E-state index is 0.296. The third-order valence-corrected chi connectivity index (χ3v) is 6.32. The molecule has 0 radical (unpaired) electrons. The van der Waals surface area contributed by atoms with Gasteiger partial charge in [-0.15, -0.1) is 0 Å². The summed E-state index contributed by atoms with van der Waals surface area (Å²) >= 11 is 0. The first-order chi connectivity index (χ1) is 11.9. The number of anilines is 1. The SMILES string of the molecule is Bc1ccc2nc(C)n(C3(B)C(=O)NC(=O)C(B)C3(B)B)c(=O)c2c1N. The van der Waals surface area contributed by atoms with Gasteiger partial charge in [0.1, 0.15) is 45.1 Å². The molecule has 1 aliphatic heterocycles.